The van der Waals surface area contributed by atoms with Gasteiger partial charge in [-0.1, -0.05) is 75.7 Å². The number of aliphatic hydroxyl groups is 1. The summed E-state index contributed by atoms with van der Waals surface area (Å²) in [5, 5.41) is 11.7. The Morgan fingerprint density at radius 3 is 2.19 bits per heavy atom. The highest BCUT2D eigenvalue weighted by molar-refractivity contribution is 7.67. The molecule has 0 heterocycles. The van der Waals surface area contributed by atoms with Gasteiger partial charge in [0.15, 0.2) is 5.85 Å². The van der Waals surface area contributed by atoms with Gasteiger partial charge < -0.3 is 9.63 Å². The molecule has 27 heavy (non-hydrogen) atoms. The van der Waals surface area contributed by atoms with Crippen LogP contribution in [0.4, 0.5) is 0 Å². The van der Waals surface area contributed by atoms with Gasteiger partial charge in [-0.3, -0.25) is 4.57 Å². The predicted octanol–water partition coefficient (Wildman–Crippen LogP) is 5.76. The largest absolute Gasteiger partial charge is 0.378 e. The molecule has 4 heteroatoms. The lowest BCUT2D eigenvalue weighted by Crippen LogP contribution is -2.35. The van der Waals surface area contributed by atoms with Crippen LogP contribution >= 0.6 is 7.37 Å². The third-order valence-electron chi connectivity index (χ3n) is 5.79. The van der Waals surface area contributed by atoms with Crippen LogP contribution in [-0.4, -0.2) is 11.2 Å². The molecule has 1 saturated carbocycles. The van der Waals surface area contributed by atoms with E-state index in [0.717, 1.165) is 12.8 Å². The van der Waals surface area contributed by atoms with E-state index in [1.807, 2.05) is 60.7 Å². The fourth-order valence-corrected chi connectivity index (χ4v) is 6.47. The zero-order valence-electron chi connectivity index (χ0n) is 16.5. The normalized spacial score (nSPS) is 26.5. The Morgan fingerprint density at radius 2 is 1.59 bits per heavy atom. The van der Waals surface area contributed by atoms with Crippen LogP contribution < -0.4 is 5.30 Å². The van der Waals surface area contributed by atoms with E-state index in [2.05, 4.69) is 20.8 Å². The van der Waals surface area contributed by atoms with Crippen molar-refractivity contribution in [2.45, 2.75) is 52.0 Å². The number of benzene rings is 2. The smallest absolute Gasteiger partial charge is 0.264 e. The molecule has 1 N–H and O–H groups in total. The number of rotatable bonds is 6. The molecular weight excluding hydrogens is 355 g/mol. The Hall–Kier alpha value is -1.41. The van der Waals surface area contributed by atoms with Gasteiger partial charge in [-0.25, -0.2) is 0 Å². The van der Waals surface area contributed by atoms with E-state index in [0.29, 0.717) is 28.6 Å². The second-order valence-corrected chi connectivity index (χ2v) is 10.6. The molecule has 146 valence electrons. The van der Waals surface area contributed by atoms with Crippen molar-refractivity contribution in [1.82, 2.24) is 0 Å². The maximum Gasteiger partial charge on any atom is 0.264 e. The van der Waals surface area contributed by atoms with Gasteiger partial charge in [0.25, 0.3) is 7.37 Å². The molecule has 5 atom stereocenters. The minimum atomic E-state index is -3.50. The van der Waals surface area contributed by atoms with Gasteiger partial charge in [0.2, 0.25) is 0 Å². The summed E-state index contributed by atoms with van der Waals surface area (Å²) < 4.78 is 20.6. The van der Waals surface area contributed by atoms with Crippen molar-refractivity contribution in [3.05, 3.63) is 66.2 Å². The first-order valence-corrected chi connectivity index (χ1v) is 11.7. The Labute approximate surface area is 163 Å². The molecule has 0 spiro atoms. The summed E-state index contributed by atoms with van der Waals surface area (Å²) in [6.45, 7) is 6.64. The molecule has 0 amide bonds. The lowest BCUT2D eigenvalue weighted by atomic mass is 9.75. The van der Waals surface area contributed by atoms with Crippen molar-refractivity contribution in [2.24, 2.45) is 17.8 Å². The standard InChI is InChI=1S/C23H31O3P/c1-17(2)21-15-14-18(3)16-22(21)26-27(25,20-12-8-5-9-13-20)23(24)19-10-6-4-7-11-19/h4-13,17-18,21-24H,14-16H2,1-3H3/t18-,21-,22-,23+,27-/m1/s1. The Bertz CT molecular complexity index is 760. The first-order chi connectivity index (χ1) is 12.9. The number of aliphatic hydroxyl groups excluding tert-OH is 1. The van der Waals surface area contributed by atoms with Gasteiger partial charge in [0.05, 0.1) is 6.10 Å². The van der Waals surface area contributed by atoms with Crippen molar-refractivity contribution in [2.75, 3.05) is 0 Å². The van der Waals surface area contributed by atoms with Gasteiger partial charge >= 0.3 is 0 Å². The van der Waals surface area contributed by atoms with Gasteiger partial charge in [0.1, 0.15) is 0 Å². The Balaban J connectivity index is 1.98. The lowest BCUT2D eigenvalue weighted by molar-refractivity contribution is 0.0427. The van der Waals surface area contributed by atoms with Crippen molar-refractivity contribution in [3.8, 4) is 0 Å². The molecule has 0 aromatic heterocycles. The summed E-state index contributed by atoms with van der Waals surface area (Å²) in [7, 11) is -3.50. The van der Waals surface area contributed by atoms with E-state index in [1.54, 1.807) is 0 Å². The van der Waals surface area contributed by atoms with E-state index >= 15 is 0 Å². The fourth-order valence-electron chi connectivity index (χ4n) is 4.15. The van der Waals surface area contributed by atoms with Crippen molar-refractivity contribution in [3.63, 3.8) is 0 Å². The molecule has 1 aliphatic rings. The quantitative estimate of drug-likeness (QED) is 0.642. The third kappa shape index (κ3) is 4.54. The van der Waals surface area contributed by atoms with Crippen LogP contribution in [0.2, 0.25) is 0 Å². The molecule has 0 aliphatic heterocycles. The van der Waals surface area contributed by atoms with E-state index in [4.69, 9.17) is 4.52 Å². The molecule has 1 aliphatic carbocycles. The average molecular weight is 386 g/mol. The molecular formula is C23H31O3P. The summed E-state index contributed by atoms with van der Waals surface area (Å²) in [6, 6.07) is 18.4. The van der Waals surface area contributed by atoms with Crippen LogP contribution in [0, 0.1) is 17.8 Å². The maximum atomic E-state index is 14.2. The first kappa shape index (κ1) is 20.3. The summed E-state index contributed by atoms with van der Waals surface area (Å²) in [4.78, 5) is 0. The van der Waals surface area contributed by atoms with Crippen LogP contribution in [0.25, 0.3) is 0 Å². The van der Waals surface area contributed by atoms with E-state index < -0.39 is 13.2 Å². The van der Waals surface area contributed by atoms with Crippen molar-refractivity contribution < 1.29 is 14.2 Å². The van der Waals surface area contributed by atoms with Crippen molar-refractivity contribution >= 4 is 12.7 Å². The molecule has 0 radical (unpaired) electrons. The number of hydrogen-bond acceptors (Lipinski definition) is 3. The Kier molecular flexibility index (Phi) is 6.57. The fraction of sp³-hybridized carbons (Fsp3) is 0.478. The molecule has 1 fully saturated rings. The summed E-state index contributed by atoms with van der Waals surface area (Å²) in [6.07, 6.45) is 3.05. The van der Waals surface area contributed by atoms with Crippen LogP contribution in [0.5, 0.6) is 0 Å². The summed E-state index contributed by atoms with van der Waals surface area (Å²) in [5.74, 6) is 0.205. The van der Waals surface area contributed by atoms with Crippen LogP contribution in [0.15, 0.2) is 60.7 Å². The lowest BCUT2D eigenvalue weighted by Gasteiger charge is -2.39. The highest BCUT2D eigenvalue weighted by atomic mass is 31.2. The first-order valence-electron chi connectivity index (χ1n) is 9.98. The van der Waals surface area contributed by atoms with Crippen molar-refractivity contribution in [1.29, 1.82) is 0 Å². The van der Waals surface area contributed by atoms with Crippen LogP contribution in [0.3, 0.4) is 0 Å². The minimum Gasteiger partial charge on any atom is -0.378 e. The van der Waals surface area contributed by atoms with E-state index in [9.17, 15) is 9.67 Å². The molecule has 2 aromatic carbocycles. The highest BCUT2D eigenvalue weighted by Crippen LogP contribution is 2.60. The second kappa shape index (κ2) is 8.73. The SMILES string of the molecule is CC(C)[C@H]1CC[C@@H](C)C[C@H]1O[P@](=O)(c1ccccc1)[C@H](O)c1ccccc1. The molecule has 2 aromatic rings. The predicted molar refractivity (Wildman–Crippen MR) is 111 cm³/mol. The maximum absolute atomic E-state index is 14.2. The highest BCUT2D eigenvalue weighted by Gasteiger charge is 2.42. The number of hydrogen-bond donors (Lipinski definition) is 1. The van der Waals surface area contributed by atoms with Gasteiger partial charge in [-0.2, -0.15) is 0 Å². The summed E-state index contributed by atoms with van der Waals surface area (Å²) >= 11 is 0. The Morgan fingerprint density at radius 1 is 1.00 bits per heavy atom. The van der Waals surface area contributed by atoms with Crippen LogP contribution in [-0.2, 0) is 9.09 Å². The average Bonchev–Trinajstić information content (AvgIpc) is 2.68. The zero-order chi connectivity index (χ0) is 19.4. The summed E-state index contributed by atoms with van der Waals surface area (Å²) in [5.41, 5.74) is 0.634. The third-order valence-corrected chi connectivity index (χ3v) is 8.33. The van der Waals surface area contributed by atoms with E-state index in [1.165, 1.54) is 6.42 Å². The second-order valence-electron chi connectivity index (χ2n) is 8.19. The minimum absolute atomic E-state index is 0.0989. The molecule has 0 bridgehead atoms. The molecule has 3 rings (SSSR count). The molecule has 0 unspecified atom stereocenters. The zero-order valence-corrected chi connectivity index (χ0v) is 17.4. The molecule has 3 nitrogen and oxygen atoms in total. The van der Waals surface area contributed by atoms with Crippen LogP contribution in [0.1, 0.15) is 51.4 Å². The van der Waals surface area contributed by atoms with Gasteiger partial charge in [-0.15, -0.1) is 0 Å². The topological polar surface area (TPSA) is 46.5 Å². The monoisotopic (exact) mass is 386 g/mol. The molecule has 0 saturated heterocycles. The van der Waals surface area contributed by atoms with Gasteiger partial charge in [0, 0.05) is 5.30 Å². The van der Waals surface area contributed by atoms with E-state index in [-0.39, 0.29) is 6.10 Å². The van der Waals surface area contributed by atoms with Gasteiger partial charge in [-0.05, 0) is 48.3 Å².